The average Bonchev–Trinajstić information content (AvgIpc) is 3.20. The molecule has 1 aromatic heterocycles. The van der Waals surface area contributed by atoms with Crippen LogP contribution in [0.25, 0.3) is 0 Å². The zero-order valence-electron chi connectivity index (χ0n) is 19.0. The first-order chi connectivity index (χ1) is 14.8. The Morgan fingerprint density at radius 1 is 1.19 bits per heavy atom. The number of carbonyl (C=O) groups excluding carboxylic acids is 1. The predicted molar refractivity (Wildman–Crippen MR) is 122 cm³/mol. The first-order valence-electron chi connectivity index (χ1n) is 11.4. The maximum atomic E-state index is 12.3. The predicted octanol–water partition coefficient (Wildman–Crippen LogP) is 2.26. The summed E-state index contributed by atoms with van der Waals surface area (Å²) in [5, 5.41) is 0. The molecule has 172 valence electrons. The first-order valence-corrected chi connectivity index (χ1v) is 11.4. The standard InChI is InChI=1S/C22H37N7O2/c1-15(2)20(24)27-22(30)28-8-4-17(5-9-28)16(3)7-11-31-19-12-25-21(26-13-19)29-10-6-18(23)14-29/h12-13,15-18H,4-11,14,23H2,1-3H3,(H2,24,27,30)/t16-,18-/m1/s1. The molecule has 2 atom stereocenters. The highest BCUT2D eigenvalue weighted by molar-refractivity contribution is 5.93. The van der Waals surface area contributed by atoms with Crippen molar-refractivity contribution < 1.29 is 9.53 Å². The van der Waals surface area contributed by atoms with E-state index in [9.17, 15) is 4.79 Å². The van der Waals surface area contributed by atoms with Crippen molar-refractivity contribution in [3.63, 3.8) is 0 Å². The minimum Gasteiger partial charge on any atom is -0.490 e. The number of amidine groups is 1. The van der Waals surface area contributed by atoms with E-state index in [1.165, 1.54) is 0 Å². The molecule has 0 bridgehead atoms. The number of aromatic nitrogens is 2. The number of nitrogens with two attached hydrogens (primary N) is 2. The van der Waals surface area contributed by atoms with Gasteiger partial charge in [0.1, 0.15) is 5.84 Å². The molecule has 3 heterocycles. The van der Waals surface area contributed by atoms with Gasteiger partial charge in [-0.3, -0.25) is 0 Å². The molecule has 0 aliphatic carbocycles. The number of rotatable bonds is 7. The fourth-order valence-electron chi connectivity index (χ4n) is 4.08. The molecular weight excluding hydrogens is 394 g/mol. The van der Waals surface area contributed by atoms with Crippen LogP contribution in [-0.4, -0.2) is 65.6 Å². The highest BCUT2D eigenvalue weighted by Gasteiger charge is 2.26. The number of likely N-dealkylation sites (tertiary alicyclic amines) is 1. The maximum Gasteiger partial charge on any atom is 0.345 e. The average molecular weight is 432 g/mol. The van der Waals surface area contributed by atoms with Crippen LogP contribution in [0.15, 0.2) is 17.4 Å². The van der Waals surface area contributed by atoms with Gasteiger partial charge in [0.25, 0.3) is 0 Å². The first kappa shape index (κ1) is 23.2. The van der Waals surface area contributed by atoms with E-state index in [0.717, 1.165) is 57.8 Å². The Bertz CT molecular complexity index is 745. The fraction of sp³-hybridized carbons (Fsp3) is 0.727. The van der Waals surface area contributed by atoms with Gasteiger partial charge in [-0.15, -0.1) is 0 Å². The Morgan fingerprint density at radius 3 is 2.45 bits per heavy atom. The van der Waals surface area contributed by atoms with Gasteiger partial charge in [0, 0.05) is 38.1 Å². The summed E-state index contributed by atoms with van der Waals surface area (Å²) in [4.78, 5) is 29.0. The number of nitrogens with zero attached hydrogens (tertiary/aromatic N) is 5. The van der Waals surface area contributed by atoms with Crippen molar-refractivity contribution >= 4 is 17.8 Å². The van der Waals surface area contributed by atoms with Crippen molar-refractivity contribution in [2.75, 3.05) is 37.7 Å². The zero-order chi connectivity index (χ0) is 22.4. The van der Waals surface area contributed by atoms with Crippen LogP contribution in [0.1, 0.15) is 46.5 Å². The van der Waals surface area contributed by atoms with Crippen LogP contribution >= 0.6 is 0 Å². The van der Waals surface area contributed by atoms with Gasteiger partial charge in [-0.05, 0) is 37.5 Å². The molecule has 0 saturated carbocycles. The Kier molecular flexibility index (Phi) is 8.06. The van der Waals surface area contributed by atoms with Crippen molar-refractivity contribution in [2.45, 2.75) is 52.5 Å². The van der Waals surface area contributed by atoms with Crippen molar-refractivity contribution in [3.05, 3.63) is 12.4 Å². The summed E-state index contributed by atoms with van der Waals surface area (Å²) >= 11 is 0. The molecule has 2 saturated heterocycles. The molecule has 2 aliphatic heterocycles. The van der Waals surface area contributed by atoms with E-state index < -0.39 is 0 Å². The molecule has 9 heteroatoms. The molecule has 31 heavy (non-hydrogen) atoms. The van der Waals surface area contributed by atoms with Crippen LogP contribution in [0, 0.1) is 17.8 Å². The monoisotopic (exact) mass is 431 g/mol. The van der Waals surface area contributed by atoms with Gasteiger partial charge in [-0.1, -0.05) is 20.8 Å². The van der Waals surface area contributed by atoms with Crippen LogP contribution in [0.2, 0.25) is 0 Å². The second kappa shape index (κ2) is 10.7. The summed E-state index contributed by atoms with van der Waals surface area (Å²) in [7, 11) is 0. The molecule has 2 aliphatic rings. The van der Waals surface area contributed by atoms with Crippen molar-refractivity contribution in [1.29, 1.82) is 0 Å². The van der Waals surface area contributed by atoms with Crippen molar-refractivity contribution in [3.8, 4) is 5.75 Å². The highest BCUT2D eigenvalue weighted by atomic mass is 16.5. The summed E-state index contributed by atoms with van der Waals surface area (Å²) < 4.78 is 5.87. The van der Waals surface area contributed by atoms with Gasteiger partial charge in [0.15, 0.2) is 5.75 Å². The normalized spacial score (nSPS) is 21.6. The second-order valence-electron chi connectivity index (χ2n) is 9.13. The topological polar surface area (TPSA) is 123 Å². The Hall–Kier alpha value is -2.42. The molecule has 2 amide bonds. The molecule has 0 unspecified atom stereocenters. The third kappa shape index (κ3) is 6.53. The molecule has 4 N–H and O–H groups in total. The lowest BCUT2D eigenvalue weighted by Crippen LogP contribution is -2.39. The van der Waals surface area contributed by atoms with E-state index in [1.807, 2.05) is 13.8 Å². The lowest BCUT2D eigenvalue weighted by Gasteiger charge is -2.34. The SMILES string of the molecule is CC(C)/C(N)=N/C(=O)N1CCC([C@H](C)CCOc2cnc(N3CC[C@@H](N)C3)nc2)CC1. The Balaban J connectivity index is 1.37. The number of piperidine rings is 1. The van der Waals surface area contributed by atoms with Crippen LogP contribution in [0.4, 0.5) is 10.7 Å². The van der Waals surface area contributed by atoms with Crippen molar-refractivity contribution in [1.82, 2.24) is 14.9 Å². The molecule has 2 fully saturated rings. The summed E-state index contributed by atoms with van der Waals surface area (Å²) in [6, 6.07) is -0.00287. The van der Waals surface area contributed by atoms with E-state index in [4.69, 9.17) is 16.2 Å². The summed E-state index contributed by atoms with van der Waals surface area (Å²) in [5.74, 6) is 3.00. The van der Waals surface area contributed by atoms with Crippen LogP contribution in [0.3, 0.4) is 0 Å². The zero-order valence-corrected chi connectivity index (χ0v) is 19.0. The van der Waals surface area contributed by atoms with Crippen LogP contribution in [-0.2, 0) is 0 Å². The summed E-state index contributed by atoms with van der Waals surface area (Å²) in [5.41, 5.74) is 11.8. The van der Waals surface area contributed by atoms with Crippen LogP contribution < -0.4 is 21.1 Å². The number of carbonyl (C=O) groups is 1. The molecule has 0 spiro atoms. The van der Waals surface area contributed by atoms with Gasteiger partial charge in [-0.2, -0.15) is 4.99 Å². The number of ether oxygens (including phenoxy) is 1. The van der Waals surface area contributed by atoms with Gasteiger partial charge in [0.05, 0.1) is 19.0 Å². The van der Waals surface area contributed by atoms with Gasteiger partial charge in [-0.25, -0.2) is 14.8 Å². The molecular formula is C22H37N7O2. The minimum atomic E-state index is -0.208. The van der Waals surface area contributed by atoms with Crippen molar-refractivity contribution in [2.24, 2.45) is 34.2 Å². The van der Waals surface area contributed by atoms with E-state index in [-0.39, 0.29) is 18.0 Å². The van der Waals surface area contributed by atoms with E-state index in [0.29, 0.717) is 30.0 Å². The molecule has 3 rings (SSSR count). The Labute approximate surface area is 185 Å². The van der Waals surface area contributed by atoms with E-state index in [1.54, 1.807) is 17.3 Å². The third-order valence-corrected chi connectivity index (χ3v) is 6.40. The molecule has 0 aromatic carbocycles. The van der Waals surface area contributed by atoms with Gasteiger partial charge in [0.2, 0.25) is 5.95 Å². The molecule has 9 nitrogen and oxygen atoms in total. The maximum absolute atomic E-state index is 12.3. The molecule has 1 aromatic rings. The summed E-state index contributed by atoms with van der Waals surface area (Å²) in [6.07, 6.45) is 7.39. The van der Waals surface area contributed by atoms with E-state index >= 15 is 0 Å². The largest absolute Gasteiger partial charge is 0.490 e. The lowest BCUT2D eigenvalue weighted by atomic mass is 9.84. The Morgan fingerprint density at radius 2 is 1.87 bits per heavy atom. The second-order valence-corrected chi connectivity index (χ2v) is 9.13. The highest BCUT2D eigenvalue weighted by Crippen LogP contribution is 2.27. The number of hydrogen-bond donors (Lipinski definition) is 2. The number of amides is 2. The van der Waals surface area contributed by atoms with E-state index in [2.05, 4.69) is 26.8 Å². The lowest BCUT2D eigenvalue weighted by molar-refractivity contribution is 0.149. The summed E-state index contributed by atoms with van der Waals surface area (Å²) in [6.45, 7) is 9.94. The minimum absolute atomic E-state index is 0.0848. The third-order valence-electron chi connectivity index (χ3n) is 6.40. The number of hydrogen-bond acceptors (Lipinski definition) is 6. The molecule has 0 radical (unpaired) electrons. The quantitative estimate of drug-likeness (QED) is 0.501. The van der Waals surface area contributed by atoms with Gasteiger partial charge < -0.3 is 26.0 Å². The number of aliphatic imine (C=N–C) groups is 1. The smallest absolute Gasteiger partial charge is 0.345 e. The number of anilines is 1. The van der Waals surface area contributed by atoms with Gasteiger partial charge >= 0.3 is 6.03 Å². The number of urea groups is 1. The van der Waals surface area contributed by atoms with Crippen LogP contribution in [0.5, 0.6) is 5.75 Å². The fourth-order valence-corrected chi connectivity index (χ4v) is 4.08.